The van der Waals surface area contributed by atoms with Gasteiger partial charge in [0, 0.05) is 13.8 Å². The van der Waals surface area contributed by atoms with Crippen LogP contribution in [0.5, 0.6) is 0 Å². The highest BCUT2D eigenvalue weighted by Crippen LogP contribution is 2.22. The van der Waals surface area contributed by atoms with Gasteiger partial charge in [-0.3, -0.25) is 4.48 Å². The molecule has 0 saturated carbocycles. The van der Waals surface area contributed by atoms with E-state index in [-0.39, 0.29) is 24.9 Å². The van der Waals surface area contributed by atoms with Crippen LogP contribution >= 0.6 is 0 Å². The zero-order chi connectivity index (χ0) is 17.2. The summed E-state index contributed by atoms with van der Waals surface area (Å²) in [6, 6.07) is 0. The smallest absolute Gasteiger partial charge is 0.194 e. The van der Waals surface area contributed by atoms with Crippen molar-refractivity contribution in [2.75, 3.05) is 13.6 Å². The predicted molar refractivity (Wildman–Crippen MR) is 88.9 cm³/mol. The monoisotopic (exact) mass is 355 g/mol. The summed E-state index contributed by atoms with van der Waals surface area (Å²) < 4.78 is 11.7. The maximum Gasteiger partial charge on any atom is 0.194 e. The Morgan fingerprint density at radius 3 is 1.57 bits per heavy atom. The lowest BCUT2D eigenvalue weighted by Crippen LogP contribution is -3.00. The van der Waals surface area contributed by atoms with Gasteiger partial charge in [0.1, 0.15) is 0 Å². The molecule has 0 aliphatic rings. The molecule has 0 aromatic carbocycles. The van der Waals surface area contributed by atoms with E-state index in [0.717, 1.165) is 13.0 Å². The summed E-state index contributed by atoms with van der Waals surface area (Å²) in [4.78, 5) is 0. The molecule has 0 aromatic rings. The molecule has 5 nitrogen and oxygen atoms in total. The van der Waals surface area contributed by atoms with E-state index >= 15 is 0 Å². The molecule has 0 heterocycles. The summed E-state index contributed by atoms with van der Waals surface area (Å²) in [6.07, 6.45) is 5.35. The molecule has 2 N–H and O–H groups in total. The molecule has 6 heteroatoms. The first-order valence-corrected chi connectivity index (χ1v) is 8.76. The largest absolute Gasteiger partial charge is 1.00 e. The fourth-order valence-electron chi connectivity index (χ4n) is 2.74. The Labute approximate surface area is 149 Å². The van der Waals surface area contributed by atoms with Crippen molar-refractivity contribution < 1.29 is 36.6 Å². The Balaban J connectivity index is 0. The summed E-state index contributed by atoms with van der Waals surface area (Å²) >= 11 is 0. The van der Waals surface area contributed by atoms with E-state index in [2.05, 4.69) is 14.0 Å². The van der Waals surface area contributed by atoms with E-state index in [1.807, 2.05) is 13.8 Å². The van der Waals surface area contributed by atoms with E-state index in [0.29, 0.717) is 4.48 Å². The average molecular weight is 356 g/mol. The Hall–Kier alpha value is 0.0900. The molecule has 0 saturated heterocycles. The summed E-state index contributed by atoms with van der Waals surface area (Å²) in [6.45, 7) is 10.3. The average Bonchev–Trinajstić information content (AvgIpc) is 2.40. The molecular weight excluding hydrogens is 318 g/mol. The molecule has 0 amide bonds. The van der Waals surface area contributed by atoms with Gasteiger partial charge >= 0.3 is 0 Å². The van der Waals surface area contributed by atoms with E-state index in [1.165, 1.54) is 32.1 Å². The first-order chi connectivity index (χ1) is 10.2. The third kappa shape index (κ3) is 10.5. The Kier molecular flexibility index (Phi) is 14.7. The number of ether oxygens (including phenoxy) is 2. The van der Waals surface area contributed by atoms with Crippen molar-refractivity contribution in [3.05, 3.63) is 0 Å². The second-order valence-corrected chi connectivity index (χ2v) is 6.51. The fourth-order valence-corrected chi connectivity index (χ4v) is 2.74. The Morgan fingerprint density at radius 1 is 0.783 bits per heavy atom. The third-order valence-electron chi connectivity index (χ3n) is 4.44. The van der Waals surface area contributed by atoms with Crippen LogP contribution in [0.2, 0.25) is 0 Å². The van der Waals surface area contributed by atoms with Crippen LogP contribution in [0, 0.1) is 0 Å². The fraction of sp³-hybridized carbons (Fsp3) is 1.00. The number of hydrogen-bond donors (Lipinski definition) is 2. The third-order valence-corrected chi connectivity index (χ3v) is 4.44. The zero-order valence-corrected chi connectivity index (χ0v) is 16.6. The molecule has 0 radical (unpaired) electrons. The highest BCUT2D eigenvalue weighted by Gasteiger charge is 2.37. The first-order valence-electron chi connectivity index (χ1n) is 8.76. The molecule has 0 spiro atoms. The lowest BCUT2D eigenvalue weighted by atomic mass is 10.1. The standard InChI is InChI=1S/C17H38NO4.ClH/c1-7-8-9-10-11-12-13-18(6,14(2)21-16(4)19)15(3)22-17(5)20;/h14-17,19-20H,7-13H2,1-6H3;1H/q+1;/p-1. The number of rotatable bonds is 13. The van der Waals surface area contributed by atoms with Crippen molar-refractivity contribution in [3.63, 3.8) is 0 Å². The van der Waals surface area contributed by atoms with Crippen LogP contribution in [0.4, 0.5) is 0 Å². The highest BCUT2D eigenvalue weighted by atomic mass is 35.5. The summed E-state index contributed by atoms with van der Waals surface area (Å²) in [5, 5.41) is 19.0. The van der Waals surface area contributed by atoms with Crippen LogP contribution in [0.3, 0.4) is 0 Å². The molecule has 142 valence electrons. The van der Waals surface area contributed by atoms with E-state index < -0.39 is 12.6 Å². The minimum atomic E-state index is -0.809. The SMILES string of the molecule is CCCCCCCC[N+](C)(C(C)OC(C)O)C(C)OC(C)O.[Cl-]. The summed E-state index contributed by atoms with van der Waals surface area (Å²) in [7, 11) is 2.06. The lowest BCUT2D eigenvalue weighted by Gasteiger charge is -2.44. The second kappa shape index (κ2) is 13.4. The number of nitrogens with zero attached hydrogens (tertiary/aromatic N) is 1. The van der Waals surface area contributed by atoms with Gasteiger partial charge in [-0.05, 0) is 26.7 Å². The van der Waals surface area contributed by atoms with Gasteiger partial charge < -0.3 is 32.1 Å². The van der Waals surface area contributed by atoms with E-state index in [9.17, 15) is 10.2 Å². The second-order valence-electron chi connectivity index (χ2n) is 6.51. The highest BCUT2D eigenvalue weighted by molar-refractivity contribution is 4.50. The molecule has 0 aliphatic heterocycles. The van der Waals surface area contributed by atoms with Crippen LogP contribution < -0.4 is 12.4 Å². The van der Waals surface area contributed by atoms with Crippen molar-refractivity contribution >= 4 is 0 Å². The van der Waals surface area contributed by atoms with Crippen LogP contribution in [-0.2, 0) is 9.47 Å². The molecule has 0 aliphatic carbocycles. The van der Waals surface area contributed by atoms with Crippen molar-refractivity contribution in [2.24, 2.45) is 0 Å². The van der Waals surface area contributed by atoms with Crippen LogP contribution in [0.15, 0.2) is 0 Å². The van der Waals surface area contributed by atoms with Crippen LogP contribution in [0.1, 0.15) is 73.1 Å². The normalized spacial score (nSPS) is 19.3. The topological polar surface area (TPSA) is 58.9 Å². The number of aliphatic hydroxyl groups is 2. The van der Waals surface area contributed by atoms with Gasteiger partial charge in [0.05, 0.1) is 13.6 Å². The predicted octanol–water partition coefficient (Wildman–Crippen LogP) is 0.199. The van der Waals surface area contributed by atoms with Gasteiger partial charge in [-0.2, -0.15) is 0 Å². The van der Waals surface area contributed by atoms with E-state index in [1.54, 1.807) is 13.8 Å². The minimum absolute atomic E-state index is 0. The van der Waals surface area contributed by atoms with Crippen LogP contribution in [0.25, 0.3) is 0 Å². The maximum atomic E-state index is 9.50. The molecular formula is C17H38ClNO4. The van der Waals surface area contributed by atoms with Gasteiger partial charge in [0.2, 0.25) is 0 Å². The molecule has 4 atom stereocenters. The number of unbranched alkanes of at least 4 members (excludes halogenated alkanes) is 5. The lowest BCUT2D eigenvalue weighted by molar-refractivity contribution is -0.995. The summed E-state index contributed by atoms with van der Waals surface area (Å²) in [5.41, 5.74) is 0. The Bertz CT molecular complexity index is 261. The van der Waals surface area contributed by atoms with Crippen molar-refractivity contribution in [3.8, 4) is 0 Å². The van der Waals surface area contributed by atoms with Crippen molar-refractivity contribution in [1.82, 2.24) is 0 Å². The number of quaternary nitrogens is 1. The molecule has 4 unspecified atom stereocenters. The quantitative estimate of drug-likeness (QED) is 0.281. The van der Waals surface area contributed by atoms with Gasteiger partial charge in [-0.25, -0.2) is 0 Å². The molecule has 23 heavy (non-hydrogen) atoms. The molecule has 0 bridgehead atoms. The Morgan fingerprint density at radius 2 is 1.17 bits per heavy atom. The maximum absolute atomic E-state index is 9.50. The minimum Gasteiger partial charge on any atom is -1.00 e. The molecule has 0 rings (SSSR count). The van der Waals surface area contributed by atoms with Crippen LogP contribution in [-0.4, -0.2) is 53.3 Å². The number of hydrogen-bond acceptors (Lipinski definition) is 4. The first kappa shape index (κ1) is 25.3. The van der Waals surface area contributed by atoms with Crippen molar-refractivity contribution in [2.45, 2.75) is 98.2 Å². The van der Waals surface area contributed by atoms with Gasteiger partial charge in [0.15, 0.2) is 25.0 Å². The molecule has 0 fully saturated rings. The van der Waals surface area contributed by atoms with Gasteiger partial charge in [0.25, 0.3) is 0 Å². The zero-order valence-electron chi connectivity index (χ0n) is 15.8. The van der Waals surface area contributed by atoms with Gasteiger partial charge in [-0.15, -0.1) is 0 Å². The van der Waals surface area contributed by atoms with Crippen molar-refractivity contribution in [1.29, 1.82) is 0 Å². The number of aliphatic hydroxyl groups excluding tert-OH is 2. The van der Waals surface area contributed by atoms with Gasteiger partial charge in [-0.1, -0.05) is 32.6 Å². The van der Waals surface area contributed by atoms with E-state index in [4.69, 9.17) is 9.47 Å². The number of halogens is 1. The summed E-state index contributed by atoms with van der Waals surface area (Å²) in [5.74, 6) is 0. The molecule has 0 aromatic heterocycles.